The van der Waals surface area contributed by atoms with E-state index in [-0.39, 0.29) is 21.5 Å². The molecule has 2 aromatic rings. The van der Waals surface area contributed by atoms with Crippen LogP contribution in [0.2, 0.25) is 0 Å². The van der Waals surface area contributed by atoms with Gasteiger partial charge in [-0.3, -0.25) is 0 Å². The second-order valence-electron chi connectivity index (χ2n) is 3.98. The van der Waals surface area contributed by atoms with Crippen LogP contribution in [-0.2, 0) is 16.6 Å². The molecule has 0 atom stereocenters. The Hall–Kier alpha value is -1.84. The van der Waals surface area contributed by atoms with Gasteiger partial charge in [0.15, 0.2) is 0 Å². The summed E-state index contributed by atoms with van der Waals surface area (Å²) in [6.07, 6.45) is 2.81. The number of benzene rings is 1. The van der Waals surface area contributed by atoms with E-state index in [1.54, 1.807) is 6.07 Å². The normalized spacial score (nSPS) is 11.3. The molecule has 9 heteroatoms. The molecule has 21 heavy (non-hydrogen) atoms. The molecular formula is C12H10BrN3O4S. The average Bonchev–Trinajstić information content (AvgIpc) is 2.46. The van der Waals surface area contributed by atoms with Crippen LogP contribution in [0.3, 0.4) is 0 Å². The van der Waals surface area contributed by atoms with Gasteiger partial charge in [-0.05, 0) is 40.2 Å². The Labute approximate surface area is 129 Å². The van der Waals surface area contributed by atoms with Gasteiger partial charge < -0.3 is 5.11 Å². The number of nitrogens with zero attached hydrogens (tertiary/aromatic N) is 2. The third kappa shape index (κ3) is 3.84. The molecule has 0 radical (unpaired) electrons. The predicted molar refractivity (Wildman–Crippen MR) is 77.2 cm³/mol. The summed E-state index contributed by atoms with van der Waals surface area (Å²) < 4.78 is 27.1. The van der Waals surface area contributed by atoms with Crippen LogP contribution >= 0.6 is 15.9 Å². The molecule has 0 saturated heterocycles. The number of hydrogen-bond donors (Lipinski definition) is 2. The Balaban J connectivity index is 2.27. The molecule has 0 amide bonds. The fraction of sp³-hybridized carbons (Fsp3) is 0.0833. The summed E-state index contributed by atoms with van der Waals surface area (Å²) in [4.78, 5) is 18.4. The molecule has 0 aliphatic rings. The standard InChI is InChI=1S/C12H10BrN3O4S/c13-10-2-1-8(12(17)18)5-11(10)21(19,20)16-6-9-3-4-14-7-15-9/h1-5,7,16H,6H2,(H,17,18). The summed E-state index contributed by atoms with van der Waals surface area (Å²) in [7, 11) is -3.87. The Morgan fingerprint density at radius 1 is 1.33 bits per heavy atom. The summed E-state index contributed by atoms with van der Waals surface area (Å²) >= 11 is 3.10. The molecule has 0 fully saturated rings. The molecule has 0 bridgehead atoms. The van der Waals surface area contributed by atoms with Gasteiger partial charge in [-0.2, -0.15) is 0 Å². The van der Waals surface area contributed by atoms with Crippen LogP contribution in [0.1, 0.15) is 16.1 Å². The van der Waals surface area contributed by atoms with Crippen molar-refractivity contribution in [2.24, 2.45) is 0 Å². The highest BCUT2D eigenvalue weighted by molar-refractivity contribution is 9.10. The van der Waals surface area contributed by atoms with Gasteiger partial charge in [0, 0.05) is 10.7 Å². The van der Waals surface area contributed by atoms with Crippen LogP contribution < -0.4 is 4.72 Å². The highest BCUT2D eigenvalue weighted by Crippen LogP contribution is 2.23. The van der Waals surface area contributed by atoms with Gasteiger partial charge in [-0.25, -0.2) is 27.9 Å². The van der Waals surface area contributed by atoms with E-state index in [9.17, 15) is 13.2 Å². The van der Waals surface area contributed by atoms with Crippen LogP contribution in [0.4, 0.5) is 0 Å². The molecule has 110 valence electrons. The zero-order valence-corrected chi connectivity index (χ0v) is 12.9. The van der Waals surface area contributed by atoms with Crippen molar-refractivity contribution in [1.29, 1.82) is 0 Å². The minimum absolute atomic E-state index is 0.0193. The molecule has 0 unspecified atom stereocenters. The maximum absolute atomic E-state index is 12.2. The first-order chi connectivity index (χ1) is 9.90. The van der Waals surface area contributed by atoms with E-state index in [0.717, 1.165) is 6.07 Å². The van der Waals surface area contributed by atoms with Gasteiger partial charge in [0.2, 0.25) is 10.0 Å². The third-order valence-corrected chi connectivity index (χ3v) is 4.95. The Bertz CT molecular complexity index is 765. The quantitative estimate of drug-likeness (QED) is 0.822. The number of hydrogen-bond acceptors (Lipinski definition) is 5. The van der Waals surface area contributed by atoms with Crippen LogP contribution in [-0.4, -0.2) is 29.5 Å². The van der Waals surface area contributed by atoms with Crippen molar-refractivity contribution in [2.45, 2.75) is 11.4 Å². The highest BCUT2D eigenvalue weighted by atomic mass is 79.9. The van der Waals surface area contributed by atoms with E-state index in [2.05, 4.69) is 30.6 Å². The maximum atomic E-state index is 12.2. The zero-order chi connectivity index (χ0) is 15.5. The van der Waals surface area contributed by atoms with E-state index in [1.165, 1.54) is 24.7 Å². The first-order valence-corrected chi connectivity index (χ1v) is 7.95. The van der Waals surface area contributed by atoms with Crippen LogP contribution in [0.15, 0.2) is 46.2 Å². The van der Waals surface area contributed by atoms with Gasteiger partial charge >= 0.3 is 5.97 Å². The number of rotatable bonds is 5. The SMILES string of the molecule is O=C(O)c1ccc(Br)c(S(=O)(=O)NCc2ccncn2)c1. The number of nitrogens with one attached hydrogen (secondary N) is 1. The van der Waals surface area contributed by atoms with E-state index in [1.807, 2.05) is 0 Å². The molecule has 0 aliphatic heterocycles. The first-order valence-electron chi connectivity index (χ1n) is 5.67. The lowest BCUT2D eigenvalue weighted by Gasteiger charge is -2.09. The Kier molecular flexibility index (Phi) is 4.66. The fourth-order valence-corrected chi connectivity index (χ4v) is 3.50. The van der Waals surface area contributed by atoms with Crippen LogP contribution in [0.5, 0.6) is 0 Å². The van der Waals surface area contributed by atoms with Gasteiger partial charge in [0.25, 0.3) is 0 Å². The lowest BCUT2D eigenvalue weighted by molar-refractivity contribution is 0.0696. The summed E-state index contributed by atoms with van der Waals surface area (Å²) in [5.74, 6) is -1.20. The van der Waals surface area contributed by atoms with Crippen molar-refractivity contribution >= 4 is 31.9 Å². The van der Waals surface area contributed by atoms with Crippen LogP contribution in [0, 0.1) is 0 Å². The lowest BCUT2D eigenvalue weighted by Crippen LogP contribution is -2.24. The Morgan fingerprint density at radius 3 is 2.71 bits per heavy atom. The second-order valence-corrected chi connectivity index (χ2v) is 6.57. The molecule has 0 spiro atoms. The molecule has 1 heterocycles. The van der Waals surface area contributed by atoms with E-state index in [4.69, 9.17) is 5.11 Å². The topological polar surface area (TPSA) is 109 Å². The van der Waals surface area contributed by atoms with Crippen molar-refractivity contribution in [3.8, 4) is 0 Å². The molecular weight excluding hydrogens is 362 g/mol. The van der Waals surface area contributed by atoms with Gasteiger partial charge in [0.05, 0.1) is 22.7 Å². The maximum Gasteiger partial charge on any atom is 0.335 e. The number of carboxylic acids is 1. The van der Waals surface area contributed by atoms with Crippen molar-refractivity contribution in [2.75, 3.05) is 0 Å². The number of sulfonamides is 1. The van der Waals surface area contributed by atoms with Crippen molar-refractivity contribution in [3.63, 3.8) is 0 Å². The third-order valence-electron chi connectivity index (χ3n) is 2.55. The number of halogens is 1. The van der Waals surface area contributed by atoms with Crippen molar-refractivity contribution < 1.29 is 18.3 Å². The van der Waals surface area contributed by atoms with Crippen molar-refractivity contribution in [3.05, 3.63) is 52.5 Å². The highest BCUT2D eigenvalue weighted by Gasteiger charge is 2.19. The van der Waals surface area contributed by atoms with Gasteiger partial charge in [-0.1, -0.05) is 0 Å². The number of carbonyl (C=O) groups is 1. The molecule has 0 aliphatic carbocycles. The molecule has 0 saturated carbocycles. The fourth-order valence-electron chi connectivity index (χ4n) is 1.51. The van der Waals surface area contributed by atoms with Gasteiger partial charge in [-0.15, -0.1) is 0 Å². The largest absolute Gasteiger partial charge is 0.478 e. The summed E-state index contributed by atoms with van der Waals surface area (Å²) in [5, 5.41) is 8.93. The molecule has 1 aromatic heterocycles. The smallest absolute Gasteiger partial charge is 0.335 e. The summed E-state index contributed by atoms with van der Waals surface area (Å²) in [6, 6.07) is 5.36. The zero-order valence-electron chi connectivity index (χ0n) is 10.5. The minimum atomic E-state index is -3.87. The monoisotopic (exact) mass is 371 g/mol. The molecule has 2 rings (SSSR count). The Morgan fingerprint density at radius 2 is 2.10 bits per heavy atom. The predicted octanol–water partition coefficient (Wildman–Crippen LogP) is 1.42. The summed E-state index contributed by atoms with van der Waals surface area (Å²) in [6.45, 7) is -0.0193. The number of aromatic carboxylic acids is 1. The summed E-state index contributed by atoms with van der Waals surface area (Å²) in [5.41, 5.74) is 0.389. The number of carboxylic acid groups (broad SMARTS) is 1. The van der Waals surface area contributed by atoms with Crippen molar-refractivity contribution in [1.82, 2.24) is 14.7 Å². The number of aromatic nitrogens is 2. The van der Waals surface area contributed by atoms with E-state index in [0.29, 0.717) is 5.69 Å². The molecule has 2 N–H and O–H groups in total. The van der Waals surface area contributed by atoms with Crippen LogP contribution in [0.25, 0.3) is 0 Å². The van der Waals surface area contributed by atoms with Gasteiger partial charge in [0.1, 0.15) is 6.33 Å². The lowest BCUT2D eigenvalue weighted by atomic mass is 10.2. The van der Waals surface area contributed by atoms with E-state index >= 15 is 0 Å². The second kappa shape index (κ2) is 6.29. The first kappa shape index (κ1) is 15.5. The minimum Gasteiger partial charge on any atom is -0.478 e. The molecule has 7 nitrogen and oxygen atoms in total. The average molecular weight is 372 g/mol. The van der Waals surface area contributed by atoms with E-state index < -0.39 is 16.0 Å². The molecule has 1 aromatic carbocycles.